The zero-order valence-electron chi connectivity index (χ0n) is 12.9. The summed E-state index contributed by atoms with van der Waals surface area (Å²) >= 11 is 0. The maximum atomic E-state index is 12.0. The first kappa shape index (κ1) is 15.8. The highest BCUT2D eigenvalue weighted by Gasteiger charge is 2.19. The second kappa shape index (κ2) is 7.41. The number of rotatable bonds is 6. The molecule has 3 N–H and O–H groups in total. The zero-order chi connectivity index (χ0) is 15.2. The van der Waals surface area contributed by atoms with Crippen LogP contribution in [0.3, 0.4) is 0 Å². The Bertz CT molecular complexity index is 505. The molecule has 1 heterocycles. The molecular formula is C16H25N3O2. The fourth-order valence-electron chi connectivity index (χ4n) is 2.39. The van der Waals surface area contributed by atoms with Gasteiger partial charge in [0, 0.05) is 6.54 Å². The number of nitrogens with zero attached hydrogens (tertiary/aromatic N) is 1. The van der Waals surface area contributed by atoms with Gasteiger partial charge >= 0.3 is 0 Å². The first-order valence-electron chi connectivity index (χ1n) is 7.75. The van der Waals surface area contributed by atoms with Crippen LogP contribution in [0.1, 0.15) is 68.4 Å². The standard InChI is InChI=1S/C16H25N3O2/c1-11(2)14(17)16-19-13(10-21-16)15(20)18-9-8-12-6-4-3-5-7-12/h6,10-11,14H,3-5,7-9,17H2,1-2H3,(H,18,20). The van der Waals surface area contributed by atoms with Gasteiger partial charge in [0.2, 0.25) is 5.89 Å². The first-order chi connectivity index (χ1) is 10.1. The predicted molar refractivity (Wildman–Crippen MR) is 81.8 cm³/mol. The van der Waals surface area contributed by atoms with Gasteiger partial charge in [0.1, 0.15) is 6.26 Å². The van der Waals surface area contributed by atoms with Gasteiger partial charge in [-0.15, -0.1) is 0 Å². The Labute approximate surface area is 126 Å². The molecule has 0 aromatic carbocycles. The number of nitrogens with two attached hydrogens (primary N) is 1. The summed E-state index contributed by atoms with van der Waals surface area (Å²) in [4.78, 5) is 16.2. The number of nitrogens with one attached hydrogen (secondary N) is 1. The molecule has 1 aliphatic carbocycles. The fraction of sp³-hybridized carbons (Fsp3) is 0.625. The fourth-order valence-corrected chi connectivity index (χ4v) is 2.39. The summed E-state index contributed by atoms with van der Waals surface area (Å²) in [7, 11) is 0. The molecule has 1 unspecified atom stereocenters. The van der Waals surface area contributed by atoms with Crippen LogP contribution in [0.4, 0.5) is 0 Å². The minimum absolute atomic E-state index is 0.197. The summed E-state index contributed by atoms with van der Waals surface area (Å²) in [5.41, 5.74) is 7.71. The molecule has 1 atom stereocenters. The third-order valence-electron chi connectivity index (χ3n) is 3.87. The van der Waals surface area contributed by atoms with Crippen LogP contribution in [0.5, 0.6) is 0 Å². The first-order valence-corrected chi connectivity index (χ1v) is 7.75. The quantitative estimate of drug-likeness (QED) is 0.790. The van der Waals surface area contributed by atoms with Gasteiger partial charge in [0.25, 0.3) is 5.91 Å². The van der Waals surface area contributed by atoms with Crippen molar-refractivity contribution in [1.29, 1.82) is 0 Å². The Kier molecular flexibility index (Phi) is 5.56. The van der Waals surface area contributed by atoms with Gasteiger partial charge in [-0.2, -0.15) is 0 Å². The van der Waals surface area contributed by atoms with Crippen LogP contribution in [0.2, 0.25) is 0 Å². The molecule has 2 rings (SSSR count). The molecule has 5 heteroatoms. The van der Waals surface area contributed by atoms with Crippen molar-refractivity contribution in [2.45, 2.75) is 52.0 Å². The highest BCUT2D eigenvalue weighted by atomic mass is 16.3. The molecule has 0 fully saturated rings. The smallest absolute Gasteiger partial charge is 0.273 e. The molecule has 1 aromatic rings. The lowest BCUT2D eigenvalue weighted by atomic mass is 9.97. The number of carbonyl (C=O) groups excluding carboxylic acids is 1. The van der Waals surface area contributed by atoms with Crippen LogP contribution in [0.15, 0.2) is 22.3 Å². The van der Waals surface area contributed by atoms with Crippen LogP contribution in [0.25, 0.3) is 0 Å². The van der Waals surface area contributed by atoms with E-state index < -0.39 is 0 Å². The number of oxazole rings is 1. The summed E-state index contributed by atoms with van der Waals surface area (Å²) in [6.07, 6.45) is 9.48. The predicted octanol–water partition coefficient (Wildman–Crippen LogP) is 2.95. The molecule has 116 valence electrons. The minimum atomic E-state index is -0.279. The van der Waals surface area contributed by atoms with E-state index in [0.29, 0.717) is 18.1 Å². The van der Waals surface area contributed by atoms with Crippen molar-refractivity contribution < 1.29 is 9.21 Å². The van der Waals surface area contributed by atoms with Gasteiger partial charge in [-0.05, 0) is 38.0 Å². The van der Waals surface area contributed by atoms with Crippen LogP contribution in [0, 0.1) is 5.92 Å². The Morgan fingerprint density at radius 3 is 2.95 bits per heavy atom. The van der Waals surface area contributed by atoms with E-state index in [1.54, 1.807) is 0 Å². The Hall–Kier alpha value is -1.62. The molecular weight excluding hydrogens is 266 g/mol. The van der Waals surface area contributed by atoms with Gasteiger partial charge < -0.3 is 15.5 Å². The highest BCUT2D eigenvalue weighted by molar-refractivity contribution is 5.91. The van der Waals surface area contributed by atoms with E-state index in [1.165, 1.54) is 31.1 Å². The third-order valence-corrected chi connectivity index (χ3v) is 3.87. The average molecular weight is 291 g/mol. The van der Waals surface area contributed by atoms with Crippen molar-refractivity contribution in [3.63, 3.8) is 0 Å². The number of hydrogen-bond donors (Lipinski definition) is 2. The van der Waals surface area contributed by atoms with Crippen LogP contribution in [-0.2, 0) is 0 Å². The molecule has 0 bridgehead atoms. The van der Waals surface area contributed by atoms with Gasteiger partial charge in [-0.25, -0.2) is 4.98 Å². The number of amides is 1. The van der Waals surface area contributed by atoms with E-state index in [4.69, 9.17) is 10.2 Å². The lowest BCUT2D eigenvalue weighted by molar-refractivity contribution is 0.0949. The van der Waals surface area contributed by atoms with E-state index >= 15 is 0 Å². The molecule has 0 radical (unpaired) electrons. The summed E-state index contributed by atoms with van der Waals surface area (Å²) in [6.45, 7) is 4.63. The SMILES string of the molecule is CC(C)C(N)c1nc(C(=O)NCCC2=CCCCC2)co1. The number of allylic oxidation sites excluding steroid dienone is 1. The third kappa shape index (κ3) is 4.43. The Morgan fingerprint density at radius 2 is 2.29 bits per heavy atom. The topological polar surface area (TPSA) is 81.1 Å². The van der Waals surface area contributed by atoms with Crippen molar-refractivity contribution >= 4 is 5.91 Å². The van der Waals surface area contributed by atoms with E-state index in [0.717, 1.165) is 12.8 Å². The van der Waals surface area contributed by atoms with Gasteiger partial charge in [0.15, 0.2) is 5.69 Å². The van der Waals surface area contributed by atoms with Crippen molar-refractivity contribution in [3.05, 3.63) is 29.5 Å². The lowest BCUT2D eigenvalue weighted by Gasteiger charge is -2.12. The molecule has 1 aromatic heterocycles. The number of hydrogen-bond acceptors (Lipinski definition) is 4. The minimum Gasteiger partial charge on any atom is -0.446 e. The summed E-state index contributed by atoms with van der Waals surface area (Å²) < 4.78 is 5.30. The Morgan fingerprint density at radius 1 is 1.48 bits per heavy atom. The molecule has 5 nitrogen and oxygen atoms in total. The Balaban J connectivity index is 1.82. The number of carbonyl (C=O) groups is 1. The molecule has 1 amide bonds. The normalized spacial score (nSPS) is 16.7. The molecule has 0 saturated carbocycles. The maximum Gasteiger partial charge on any atom is 0.273 e. The molecule has 0 spiro atoms. The largest absolute Gasteiger partial charge is 0.446 e. The van der Waals surface area contributed by atoms with Crippen LogP contribution >= 0.6 is 0 Å². The second-order valence-electron chi connectivity index (χ2n) is 5.95. The van der Waals surface area contributed by atoms with E-state index in [2.05, 4.69) is 16.4 Å². The molecule has 21 heavy (non-hydrogen) atoms. The maximum absolute atomic E-state index is 12.0. The van der Waals surface area contributed by atoms with E-state index in [1.807, 2.05) is 13.8 Å². The van der Waals surface area contributed by atoms with Crippen molar-refractivity contribution in [3.8, 4) is 0 Å². The van der Waals surface area contributed by atoms with E-state index in [9.17, 15) is 4.79 Å². The van der Waals surface area contributed by atoms with Gasteiger partial charge in [-0.1, -0.05) is 25.5 Å². The summed E-state index contributed by atoms with van der Waals surface area (Å²) in [5.74, 6) is 0.445. The van der Waals surface area contributed by atoms with Gasteiger partial charge in [-0.3, -0.25) is 4.79 Å². The van der Waals surface area contributed by atoms with E-state index in [-0.39, 0.29) is 17.9 Å². The van der Waals surface area contributed by atoms with Crippen molar-refractivity contribution in [2.75, 3.05) is 6.54 Å². The highest BCUT2D eigenvalue weighted by Crippen LogP contribution is 2.20. The van der Waals surface area contributed by atoms with Crippen molar-refractivity contribution in [2.24, 2.45) is 11.7 Å². The van der Waals surface area contributed by atoms with Gasteiger partial charge in [0.05, 0.1) is 6.04 Å². The summed E-state index contributed by atoms with van der Waals surface area (Å²) in [6, 6.07) is -0.279. The molecule has 1 aliphatic rings. The zero-order valence-corrected chi connectivity index (χ0v) is 12.9. The van der Waals surface area contributed by atoms with Crippen LogP contribution < -0.4 is 11.1 Å². The number of aromatic nitrogens is 1. The monoisotopic (exact) mass is 291 g/mol. The second-order valence-corrected chi connectivity index (χ2v) is 5.95. The molecule has 0 aliphatic heterocycles. The summed E-state index contributed by atoms with van der Waals surface area (Å²) in [5, 5.41) is 2.88. The van der Waals surface area contributed by atoms with Crippen LogP contribution in [-0.4, -0.2) is 17.4 Å². The lowest BCUT2D eigenvalue weighted by Crippen LogP contribution is -2.25. The van der Waals surface area contributed by atoms with Crippen molar-refractivity contribution in [1.82, 2.24) is 10.3 Å². The average Bonchev–Trinajstić information content (AvgIpc) is 2.97. The molecule has 0 saturated heterocycles.